The highest BCUT2D eigenvalue weighted by Gasteiger charge is 2.56. The lowest BCUT2D eigenvalue weighted by Gasteiger charge is -2.26. The Hall–Kier alpha value is -1.54. The topological polar surface area (TPSA) is 264 Å². The van der Waals surface area contributed by atoms with Gasteiger partial charge >= 0.3 is 29.2 Å². The number of aliphatic hydroxyl groups is 2. The van der Waals surface area contributed by atoms with Crippen LogP contribution in [0.2, 0.25) is 0 Å². The zero-order chi connectivity index (χ0) is 27.0. The summed E-state index contributed by atoms with van der Waals surface area (Å²) in [4.78, 5) is 60.9. The summed E-state index contributed by atoms with van der Waals surface area (Å²) in [5, 5.41) is 21.3. The van der Waals surface area contributed by atoms with E-state index >= 15 is 0 Å². The maximum Gasteiger partial charge on any atom is 0.490 e. The molecule has 6 atom stereocenters. The Labute approximate surface area is 184 Å². The number of aromatic amines is 1. The first kappa shape index (κ1) is 24.6. The van der Waals surface area contributed by atoms with E-state index in [1.807, 2.05) is 0 Å². The Morgan fingerprint density at radius 3 is 2.42 bits per heavy atom. The highest BCUT2D eigenvalue weighted by atomic mass is 31.3. The minimum absolute atomic E-state index is 0.401. The van der Waals surface area contributed by atoms with Gasteiger partial charge in [0.15, 0.2) is 11.8 Å². The highest BCUT2D eigenvalue weighted by molar-refractivity contribution is 7.66. The fraction of sp³-hybridized carbons (Fsp3) is 0.500. The van der Waals surface area contributed by atoms with Crippen molar-refractivity contribution in [3.63, 3.8) is 0 Å². The number of alkyl halides is 1. The van der Waals surface area contributed by atoms with Gasteiger partial charge in [0.2, 0.25) is 0 Å². The average molecular weight is 542 g/mol. The van der Waals surface area contributed by atoms with Crippen molar-refractivity contribution in [1.82, 2.24) is 9.55 Å². The second kappa shape index (κ2) is 9.98. The maximum atomic E-state index is 12.6. The Balaban J connectivity index is 2.43. The van der Waals surface area contributed by atoms with Gasteiger partial charge in [-0.15, -0.1) is 0 Å². The van der Waals surface area contributed by atoms with Crippen molar-refractivity contribution < 1.29 is 68.5 Å². The van der Waals surface area contributed by atoms with Crippen molar-refractivity contribution in [2.45, 2.75) is 24.0 Å². The van der Waals surface area contributed by atoms with Crippen molar-refractivity contribution in [2.24, 2.45) is 0 Å². The molecule has 7 N–H and O–H groups in total. The van der Waals surface area contributed by atoms with E-state index in [1.165, 1.54) is 0 Å². The minimum Gasteiger partial charge on any atom is -0.386 e. The van der Waals surface area contributed by atoms with Gasteiger partial charge < -0.3 is 34.5 Å². The number of halogens is 1. The predicted molar refractivity (Wildman–Crippen MR) is 99.8 cm³/mol. The van der Waals surface area contributed by atoms with Gasteiger partial charge in [0.05, 0.1) is 9.30 Å². The summed E-state index contributed by atoms with van der Waals surface area (Å²) < 4.78 is 78.7. The van der Waals surface area contributed by atoms with Crippen molar-refractivity contribution >= 4 is 23.5 Å². The highest BCUT2D eigenvalue weighted by Crippen LogP contribution is 2.66. The van der Waals surface area contributed by atoms with Crippen molar-refractivity contribution in [3.8, 4) is 11.8 Å². The van der Waals surface area contributed by atoms with Gasteiger partial charge in [-0.3, -0.25) is 18.9 Å². The lowest BCUT2D eigenvalue weighted by Crippen LogP contribution is -2.48. The van der Waals surface area contributed by atoms with Crippen LogP contribution in [0.15, 0.2) is 21.9 Å². The average Bonchev–Trinajstić information content (AvgIpc) is 2.88. The van der Waals surface area contributed by atoms with Crippen LogP contribution in [0, 0.1) is 11.8 Å². The van der Waals surface area contributed by atoms with E-state index < -0.39 is 72.0 Å². The molecule has 1 aliphatic heterocycles. The largest absolute Gasteiger partial charge is 0.490 e. The number of aromatic nitrogens is 2. The van der Waals surface area contributed by atoms with Crippen LogP contribution in [0.25, 0.3) is 0 Å². The minimum atomic E-state index is -6.11. The molecule has 1 aromatic rings. The number of phosphoric ester groups is 1. The maximum absolute atomic E-state index is 12.6. The lowest BCUT2D eigenvalue weighted by atomic mass is 9.94. The van der Waals surface area contributed by atoms with Crippen molar-refractivity contribution in [3.05, 3.63) is 33.1 Å². The van der Waals surface area contributed by atoms with Crippen LogP contribution in [0.1, 0.15) is 8.97 Å². The molecule has 186 valence electrons. The molecule has 1 aromatic heterocycles. The number of hydrogen-bond acceptors (Lipinski definition) is 11. The molecule has 0 spiro atoms. The van der Waals surface area contributed by atoms with Crippen LogP contribution >= 0.6 is 23.5 Å². The molecule has 0 aliphatic carbocycles. The Morgan fingerprint density at radius 1 is 1.24 bits per heavy atom. The summed E-state index contributed by atoms with van der Waals surface area (Å²) in [6, 6.07) is 0.744. The van der Waals surface area contributed by atoms with Gasteiger partial charge in [-0.25, -0.2) is 22.9 Å². The molecule has 2 heterocycles. The summed E-state index contributed by atoms with van der Waals surface area (Å²) in [6.07, 6.45) is -6.63. The van der Waals surface area contributed by atoms with Crippen LogP contribution in [-0.2, 0) is 31.6 Å². The van der Waals surface area contributed by atoms with Gasteiger partial charge in [0, 0.05) is 12.3 Å². The molecule has 21 heteroatoms. The van der Waals surface area contributed by atoms with Crippen LogP contribution in [0.5, 0.6) is 0 Å². The van der Waals surface area contributed by atoms with Crippen molar-refractivity contribution in [2.75, 3.05) is 13.2 Å². The fourth-order valence-corrected chi connectivity index (χ4v) is 5.28. The van der Waals surface area contributed by atoms with Gasteiger partial charge in [-0.1, -0.05) is 11.8 Å². The number of H-pyrrole nitrogens is 1. The summed E-state index contributed by atoms with van der Waals surface area (Å²) >= 11 is 0. The number of hydrogen-bond donors (Lipinski definition) is 7. The van der Waals surface area contributed by atoms with E-state index in [0.29, 0.717) is 4.57 Å². The predicted octanol–water partition coefficient (Wildman–Crippen LogP) is -2.16. The van der Waals surface area contributed by atoms with Gasteiger partial charge in [-0.05, 0) is 0 Å². The van der Waals surface area contributed by atoms with E-state index in [9.17, 15) is 42.8 Å². The zero-order valence-electron chi connectivity index (χ0n) is 17.6. The molecule has 2 rings (SSSR count). The summed E-state index contributed by atoms with van der Waals surface area (Å²) in [5.74, 6) is 3.52. The Kier molecular flexibility index (Phi) is 7.44. The first-order valence-corrected chi connectivity index (χ1v) is 12.5. The fourth-order valence-electron chi connectivity index (χ4n) is 2.40. The number of rotatable bonds is 8. The smallest absolute Gasteiger partial charge is 0.386 e. The number of nitrogens with zero attached hydrogens (tertiary/aromatic N) is 1. The molecule has 0 bridgehead atoms. The summed E-state index contributed by atoms with van der Waals surface area (Å²) in [6.45, 7) is -5.17. The van der Waals surface area contributed by atoms with Gasteiger partial charge in [-0.2, -0.15) is 8.62 Å². The molecule has 0 radical (unpaired) electrons. The van der Waals surface area contributed by atoms with E-state index in [4.69, 9.17) is 22.2 Å². The third-order valence-corrected chi connectivity index (χ3v) is 7.21. The molecule has 0 amide bonds. The Bertz CT molecular complexity index is 1290. The second-order valence-corrected chi connectivity index (χ2v) is 10.3. The zero-order valence-corrected chi connectivity index (χ0v) is 18.3. The molecular formula is C12H16FN2O15P3. The SMILES string of the molecule is [2H]C([2H])(OP(=O)(O)OP(=O)(O)OP(=O)(O)O)[C@H]1O[C@@H](n2ccc(=O)[nH]c2=O)C(O)(C#CCF)[C@H]1O. The van der Waals surface area contributed by atoms with E-state index in [2.05, 4.69) is 13.1 Å². The van der Waals surface area contributed by atoms with Crippen molar-refractivity contribution in [1.29, 1.82) is 0 Å². The quantitative estimate of drug-likeness (QED) is 0.136. The monoisotopic (exact) mass is 542 g/mol. The molecule has 1 fully saturated rings. The normalized spacial score (nSPS) is 30.3. The van der Waals surface area contributed by atoms with E-state index in [-0.39, 0.29) is 0 Å². The molecule has 1 aliphatic rings. The van der Waals surface area contributed by atoms with E-state index in [1.54, 1.807) is 16.8 Å². The van der Waals surface area contributed by atoms with Crippen LogP contribution < -0.4 is 11.2 Å². The third-order valence-electron chi connectivity index (χ3n) is 3.55. The second-order valence-electron chi connectivity index (χ2n) is 5.93. The first-order valence-electron chi connectivity index (χ1n) is 9.01. The van der Waals surface area contributed by atoms with Gasteiger partial charge in [0.25, 0.3) is 5.56 Å². The number of nitrogens with one attached hydrogen (secondary N) is 1. The number of phosphoric acid groups is 3. The van der Waals surface area contributed by atoms with Crippen LogP contribution in [0.3, 0.4) is 0 Å². The first-order chi connectivity index (χ1) is 15.7. The number of aliphatic hydroxyl groups excluding tert-OH is 1. The third kappa shape index (κ3) is 7.22. The summed E-state index contributed by atoms with van der Waals surface area (Å²) in [7, 11) is -17.9. The lowest BCUT2D eigenvalue weighted by molar-refractivity contribution is -0.0762. The van der Waals surface area contributed by atoms with Crippen LogP contribution in [0.4, 0.5) is 4.39 Å². The molecule has 17 nitrogen and oxygen atoms in total. The standard InChI is InChI=1S/C12H16FN2O15P3/c13-4-1-3-12(19)9(17)7(28-10(12)15-5-2-8(16)14-11(15)18)6-27-32(23,24)30-33(25,26)29-31(20,21)22/h2,5,7,9-10,17,19H,4,6H2,(H,23,24)(H,25,26)(H,14,16,18)(H2,20,21,22)/t7-,9+,10-,12?/m1/s1/i6D2. The molecule has 3 unspecified atom stereocenters. The number of ether oxygens (including phenoxy) is 1. The van der Waals surface area contributed by atoms with E-state index in [0.717, 1.165) is 12.3 Å². The Morgan fingerprint density at radius 2 is 1.88 bits per heavy atom. The molecule has 33 heavy (non-hydrogen) atoms. The molecule has 0 saturated carbocycles. The molecular weight excluding hydrogens is 524 g/mol. The summed E-state index contributed by atoms with van der Waals surface area (Å²) in [5.41, 5.74) is -5.20. The molecule has 0 aromatic carbocycles. The van der Waals surface area contributed by atoms with Crippen LogP contribution in [-0.4, -0.2) is 70.4 Å². The van der Waals surface area contributed by atoms with Gasteiger partial charge in [0.1, 0.15) is 18.9 Å². The molecule has 1 saturated heterocycles.